The zero-order valence-corrected chi connectivity index (χ0v) is 9.32. The lowest BCUT2D eigenvalue weighted by atomic mass is 10.1. The summed E-state index contributed by atoms with van der Waals surface area (Å²) in [5.74, 6) is -1.23. The van der Waals surface area contributed by atoms with Crippen molar-refractivity contribution in [1.82, 2.24) is 0 Å². The van der Waals surface area contributed by atoms with Crippen LogP contribution < -0.4 is 11.1 Å². The van der Waals surface area contributed by atoms with Gasteiger partial charge in [0, 0.05) is 0 Å². The Kier molecular flexibility index (Phi) is 4.21. The third-order valence-corrected chi connectivity index (χ3v) is 1.96. The van der Waals surface area contributed by atoms with Crippen molar-refractivity contribution in [3.63, 3.8) is 0 Å². The van der Waals surface area contributed by atoms with Gasteiger partial charge >= 0.3 is 5.97 Å². The van der Waals surface area contributed by atoms with Gasteiger partial charge in [0.25, 0.3) is 0 Å². The number of carbonyl (C=O) groups is 2. The fraction of sp³-hybridized carbons (Fsp3) is 0.182. The zero-order chi connectivity index (χ0) is 12.8. The number of para-hydroxylation sites is 1. The van der Waals surface area contributed by atoms with Gasteiger partial charge in [0.1, 0.15) is 5.84 Å². The molecule has 1 amide bonds. The third-order valence-electron chi connectivity index (χ3n) is 1.96. The summed E-state index contributed by atoms with van der Waals surface area (Å²) in [6, 6.07) is 6.45. The predicted octanol–water partition coefficient (Wildman–Crippen LogP) is 0.738. The Morgan fingerprint density at radius 3 is 2.65 bits per heavy atom. The number of hydrogen-bond donors (Lipinski definition) is 3. The Balaban J connectivity index is 2.87. The molecule has 6 heteroatoms. The summed E-state index contributed by atoms with van der Waals surface area (Å²) in [7, 11) is 1.26. The van der Waals surface area contributed by atoms with Crippen molar-refractivity contribution < 1.29 is 14.3 Å². The Morgan fingerprint density at radius 2 is 2.06 bits per heavy atom. The maximum absolute atomic E-state index is 11.4. The molecular formula is C11H13N3O3. The average Bonchev–Trinajstić information content (AvgIpc) is 2.27. The number of anilines is 1. The third kappa shape index (κ3) is 3.60. The van der Waals surface area contributed by atoms with Gasteiger partial charge in [-0.05, 0) is 12.1 Å². The van der Waals surface area contributed by atoms with Gasteiger partial charge in [0.15, 0.2) is 0 Å². The Labute approximate surface area is 98.3 Å². The number of carbonyl (C=O) groups excluding carboxylic acids is 2. The second-order valence-electron chi connectivity index (χ2n) is 3.29. The topological polar surface area (TPSA) is 105 Å². The second-order valence-corrected chi connectivity index (χ2v) is 3.29. The molecular weight excluding hydrogens is 222 g/mol. The summed E-state index contributed by atoms with van der Waals surface area (Å²) in [5, 5.41) is 9.49. The number of nitrogens with two attached hydrogens (primary N) is 1. The van der Waals surface area contributed by atoms with Gasteiger partial charge in [-0.15, -0.1) is 0 Å². The van der Waals surface area contributed by atoms with E-state index in [0.29, 0.717) is 5.69 Å². The van der Waals surface area contributed by atoms with E-state index in [0.717, 1.165) is 0 Å². The van der Waals surface area contributed by atoms with E-state index in [1.807, 2.05) is 0 Å². The van der Waals surface area contributed by atoms with E-state index >= 15 is 0 Å². The fourth-order valence-corrected chi connectivity index (χ4v) is 1.25. The molecule has 0 saturated carbocycles. The second kappa shape index (κ2) is 5.64. The molecule has 0 heterocycles. The van der Waals surface area contributed by atoms with Crippen LogP contribution in [0.4, 0.5) is 5.69 Å². The minimum absolute atomic E-state index is 0.213. The number of amides is 1. The minimum Gasteiger partial charge on any atom is -0.465 e. The number of ether oxygens (including phenoxy) is 1. The summed E-state index contributed by atoms with van der Waals surface area (Å²) >= 11 is 0. The van der Waals surface area contributed by atoms with E-state index in [2.05, 4.69) is 10.1 Å². The molecule has 4 N–H and O–H groups in total. The van der Waals surface area contributed by atoms with Crippen molar-refractivity contribution in [3.05, 3.63) is 29.8 Å². The quantitative estimate of drug-likeness (QED) is 0.406. The molecule has 0 bridgehead atoms. The minimum atomic E-state index is -0.538. The molecule has 0 saturated heterocycles. The maximum Gasteiger partial charge on any atom is 0.339 e. The Bertz CT molecular complexity index is 457. The molecule has 90 valence electrons. The van der Waals surface area contributed by atoms with Crippen LogP contribution in [0.2, 0.25) is 0 Å². The van der Waals surface area contributed by atoms with E-state index in [4.69, 9.17) is 11.1 Å². The van der Waals surface area contributed by atoms with E-state index in [9.17, 15) is 9.59 Å². The number of methoxy groups -OCH3 is 1. The molecule has 0 radical (unpaired) electrons. The van der Waals surface area contributed by atoms with Gasteiger partial charge in [-0.25, -0.2) is 4.79 Å². The van der Waals surface area contributed by atoms with Crippen molar-refractivity contribution in [2.45, 2.75) is 6.42 Å². The first-order valence-electron chi connectivity index (χ1n) is 4.84. The zero-order valence-electron chi connectivity index (χ0n) is 9.32. The number of nitrogens with one attached hydrogen (secondary N) is 2. The molecule has 0 unspecified atom stereocenters. The lowest BCUT2D eigenvalue weighted by Gasteiger charge is -2.08. The van der Waals surface area contributed by atoms with Crippen molar-refractivity contribution in [3.8, 4) is 0 Å². The van der Waals surface area contributed by atoms with Crippen molar-refractivity contribution in [2.75, 3.05) is 12.4 Å². The molecule has 1 aromatic carbocycles. The van der Waals surface area contributed by atoms with Gasteiger partial charge in [0.2, 0.25) is 5.91 Å². The van der Waals surface area contributed by atoms with Crippen LogP contribution in [-0.2, 0) is 9.53 Å². The standard InChI is InChI=1S/C11H13N3O3/c1-17-11(16)7-4-2-3-5-8(7)14-10(15)6-9(12)13/h2-5H,6H2,1H3,(H3,12,13)(H,14,15). The van der Waals surface area contributed by atoms with Crippen LogP contribution in [-0.4, -0.2) is 24.8 Å². The SMILES string of the molecule is COC(=O)c1ccccc1NC(=O)CC(=N)N. The molecule has 0 aromatic heterocycles. The van der Waals surface area contributed by atoms with Crippen molar-refractivity contribution >= 4 is 23.4 Å². The van der Waals surface area contributed by atoms with Crippen LogP contribution in [0.3, 0.4) is 0 Å². The molecule has 0 aliphatic carbocycles. The molecule has 1 aromatic rings. The van der Waals surface area contributed by atoms with Gasteiger partial charge in [0.05, 0.1) is 24.8 Å². The number of rotatable bonds is 4. The molecule has 0 fully saturated rings. The summed E-state index contributed by atoms with van der Waals surface area (Å²) in [6.45, 7) is 0. The van der Waals surface area contributed by atoms with E-state index in [1.165, 1.54) is 13.2 Å². The van der Waals surface area contributed by atoms with Gasteiger partial charge in [-0.1, -0.05) is 12.1 Å². The monoisotopic (exact) mass is 235 g/mol. The first-order chi connectivity index (χ1) is 8.04. The molecule has 1 rings (SSSR count). The van der Waals surface area contributed by atoms with Gasteiger partial charge in [-0.3, -0.25) is 10.2 Å². The van der Waals surface area contributed by atoms with Crippen molar-refractivity contribution in [1.29, 1.82) is 5.41 Å². The molecule has 6 nitrogen and oxygen atoms in total. The lowest BCUT2D eigenvalue weighted by molar-refractivity contribution is -0.115. The first kappa shape index (κ1) is 12.7. The highest BCUT2D eigenvalue weighted by Gasteiger charge is 2.13. The summed E-state index contributed by atoms with van der Waals surface area (Å²) in [6.07, 6.45) is -0.213. The largest absolute Gasteiger partial charge is 0.465 e. The predicted molar refractivity (Wildman–Crippen MR) is 62.9 cm³/mol. The average molecular weight is 235 g/mol. The van der Waals surface area contributed by atoms with E-state index in [-0.39, 0.29) is 17.8 Å². The van der Waals surface area contributed by atoms with Crippen LogP contribution in [0.25, 0.3) is 0 Å². The summed E-state index contributed by atoms with van der Waals surface area (Å²) < 4.78 is 4.58. The Hall–Kier alpha value is -2.37. The summed E-state index contributed by atoms with van der Waals surface area (Å²) in [5.41, 5.74) is 5.70. The van der Waals surface area contributed by atoms with E-state index in [1.54, 1.807) is 18.2 Å². The van der Waals surface area contributed by atoms with Gasteiger partial charge < -0.3 is 15.8 Å². The lowest BCUT2D eigenvalue weighted by Crippen LogP contribution is -2.22. The molecule has 0 atom stereocenters. The van der Waals surface area contributed by atoms with Gasteiger partial charge in [-0.2, -0.15) is 0 Å². The fourth-order valence-electron chi connectivity index (χ4n) is 1.25. The maximum atomic E-state index is 11.4. The Morgan fingerprint density at radius 1 is 1.41 bits per heavy atom. The van der Waals surface area contributed by atoms with Crippen LogP contribution in [0.5, 0.6) is 0 Å². The number of benzene rings is 1. The molecule has 17 heavy (non-hydrogen) atoms. The number of esters is 1. The van der Waals surface area contributed by atoms with Crippen molar-refractivity contribution in [2.24, 2.45) is 5.73 Å². The highest BCUT2D eigenvalue weighted by atomic mass is 16.5. The molecule has 0 aliphatic heterocycles. The van der Waals surface area contributed by atoms with E-state index < -0.39 is 11.9 Å². The highest BCUT2D eigenvalue weighted by molar-refractivity contribution is 6.07. The number of hydrogen-bond acceptors (Lipinski definition) is 4. The smallest absolute Gasteiger partial charge is 0.339 e. The van der Waals surface area contributed by atoms with Crippen LogP contribution >= 0.6 is 0 Å². The van der Waals surface area contributed by atoms with Crippen LogP contribution in [0.15, 0.2) is 24.3 Å². The number of amidine groups is 1. The normalized spacial score (nSPS) is 9.47. The highest BCUT2D eigenvalue weighted by Crippen LogP contribution is 2.16. The first-order valence-corrected chi connectivity index (χ1v) is 4.84. The van der Waals surface area contributed by atoms with Crippen LogP contribution in [0.1, 0.15) is 16.8 Å². The molecule has 0 spiro atoms. The molecule has 0 aliphatic rings. The summed E-state index contributed by atoms with van der Waals surface area (Å²) in [4.78, 5) is 22.8. The van der Waals surface area contributed by atoms with Crippen LogP contribution in [0, 0.1) is 5.41 Å².